The van der Waals surface area contributed by atoms with Gasteiger partial charge in [-0.1, -0.05) is 90.9 Å². The van der Waals surface area contributed by atoms with Crippen LogP contribution in [0.2, 0.25) is 0 Å². The number of aliphatic hydroxyl groups is 4. The fraction of sp³-hybridized carbons (Fsp3) is 1.00. The molecule has 6 heteroatoms. The number of hydrogen-bond acceptors (Lipinski definition) is 4. The number of quaternary nitrogens is 2. The minimum absolute atomic E-state index is 0.363. The highest BCUT2D eigenvalue weighted by Crippen LogP contribution is 2.20. The summed E-state index contributed by atoms with van der Waals surface area (Å²) >= 11 is 0. The van der Waals surface area contributed by atoms with E-state index in [1.54, 1.807) is 0 Å². The molecule has 0 aromatic carbocycles. The number of aliphatic hydroxyl groups excluding tert-OH is 4. The monoisotopic (exact) mass is 631 g/mol. The van der Waals surface area contributed by atoms with Crippen molar-refractivity contribution >= 4 is 0 Å². The Balaban J connectivity index is 4.94. The van der Waals surface area contributed by atoms with Crippen molar-refractivity contribution in [3.8, 4) is 0 Å². The zero-order valence-corrected chi connectivity index (χ0v) is 30.8. The van der Waals surface area contributed by atoms with Crippen LogP contribution in [0.25, 0.3) is 0 Å². The van der Waals surface area contributed by atoms with Gasteiger partial charge in [-0.25, -0.2) is 0 Å². The van der Waals surface area contributed by atoms with Gasteiger partial charge in [0, 0.05) is 0 Å². The summed E-state index contributed by atoms with van der Waals surface area (Å²) in [6.45, 7) is 19.2. The van der Waals surface area contributed by atoms with E-state index in [4.69, 9.17) is 0 Å². The lowest BCUT2D eigenvalue weighted by Gasteiger charge is -2.41. The molecule has 0 saturated carbocycles. The maximum Gasteiger partial charge on any atom is 0.105 e. The highest BCUT2D eigenvalue weighted by Gasteiger charge is 2.31. The van der Waals surface area contributed by atoms with Crippen LogP contribution in [0.3, 0.4) is 0 Å². The first kappa shape index (κ1) is 43.8. The van der Waals surface area contributed by atoms with Crippen molar-refractivity contribution in [1.82, 2.24) is 0 Å². The molecule has 0 bridgehead atoms. The van der Waals surface area contributed by atoms with Crippen molar-refractivity contribution in [1.29, 1.82) is 0 Å². The smallest absolute Gasteiger partial charge is 0.105 e. The highest BCUT2D eigenvalue weighted by atomic mass is 16.3. The summed E-state index contributed by atoms with van der Waals surface area (Å²) in [7, 11) is 0. The Bertz CT molecular complexity index is 540. The number of hydrogen-bond donors (Lipinski definition) is 4. The van der Waals surface area contributed by atoms with Gasteiger partial charge < -0.3 is 29.4 Å². The molecule has 44 heavy (non-hydrogen) atoms. The van der Waals surface area contributed by atoms with Crippen LogP contribution in [0.15, 0.2) is 0 Å². The molecule has 0 saturated heterocycles. The molecule has 4 unspecified atom stereocenters. The fourth-order valence-corrected chi connectivity index (χ4v) is 7.76. The average molecular weight is 631 g/mol. The zero-order valence-electron chi connectivity index (χ0n) is 30.8. The van der Waals surface area contributed by atoms with Crippen molar-refractivity contribution < 1.29 is 29.4 Å². The van der Waals surface area contributed by atoms with Gasteiger partial charge in [0.1, 0.15) is 50.6 Å². The van der Waals surface area contributed by atoms with Crippen LogP contribution in [-0.2, 0) is 0 Å². The first-order valence-corrected chi connectivity index (χ1v) is 19.4. The molecule has 4 atom stereocenters. The molecule has 0 aromatic rings. The quantitative estimate of drug-likeness (QED) is 0.0438. The molecular formula is C38H82N2O4+2. The van der Waals surface area contributed by atoms with Gasteiger partial charge in [0.2, 0.25) is 0 Å². The van der Waals surface area contributed by atoms with E-state index >= 15 is 0 Å². The van der Waals surface area contributed by atoms with Gasteiger partial charge in [-0.05, 0) is 79.1 Å². The summed E-state index contributed by atoms with van der Waals surface area (Å²) in [5.41, 5.74) is 0. The minimum Gasteiger partial charge on any atom is -0.388 e. The van der Waals surface area contributed by atoms with E-state index in [2.05, 4.69) is 13.8 Å². The van der Waals surface area contributed by atoms with E-state index in [9.17, 15) is 20.4 Å². The zero-order chi connectivity index (χ0) is 33.1. The molecule has 0 aliphatic heterocycles. The maximum absolute atomic E-state index is 10.4. The molecule has 266 valence electrons. The lowest BCUT2D eigenvalue weighted by molar-refractivity contribution is -0.934. The van der Waals surface area contributed by atoms with Crippen molar-refractivity contribution in [3.05, 3.63) is 0 Å². The molecule has 0 spiro atoms. The molecule has 4 N–H and O–H groups in total. The minimum atomic E-state index is -0.363. The van der Waals surface area contributed by atoms with Crippen molar-refractivity contribution in [2.45, 2.75) is 194 Å². The van der Waals surface area contributed by atoms with Crippen LogP contribution in [0.1, 0.15) is 170 Å². The SMILES string of the molecule is CCCCCCCCCC[N+](CCCCCC[N+](CCCCCCCCCC)(CC(C)O)CC(C)O)(CC(C)O)CC(C)O. The molecule has 0 aromatic heterocycles. The Morgan fingerprint density at radius 1 is 0.318 bits per heavy atom. The molecule has 0 radical (unpaired) electrons. The topological polar surface area (TPSA) is 80.9 Å². The molecule has 0 fully saturated rings. The van der Waals surface area contributed by atoms with Gasteiger partial charge in [0.15, 0.2) is 0 Å². The predicted octanol–water partition coefficient (Wildman–Crippen LogP) is 7.99. The van der Waals surface area contributed by atoms with Crippen LogP contribution in [0.4, 0.5) is 0 Å². The van der Waals surface area contributed by atoms with Crippen LogP contribution < -0.4 is 0 Å². The van der Waals surface area contributed by atoms with E-state index in [1.807, 2.05) is 27.7 Å². The van der Waals surface area contributed by atoms with E-state index < -0.39 is 0 Å². The van der Waals surface area contributed by atoms with Crippen LogP contribution >= 0.6 is 0 Å². The van der Waals surface area contributed by atoms with Crippen LogP contribution in [0, 0.1) is 0 Å². The normalized spacial score (nSPS) is 17.6. The fourth-order valence-electron chi connectivity index (χ4n) is 7.76. The van der Waals surface area contributed by atoms with Gasteiger partial charge in [0.05, 0.1) is 26.2 Å². The van der Waals surface area contributed by atoms with E-state index in [-0.39, 0.29) is 24.4 Å². The Kier molecular flexibility index (Phi) is 27.7. The van der Waals surface area contributed by atoms with Gasteiger partial charge in [-0.2, -0.15) is 0 Å². The van der Waals surface area contributed by atoms with Crippen molar-refractivity contribution in [2.24, 2.45) is 0 Å². The molecular weight excluding hydrogens is 548 g/mol. The summed E-state index contributed by atoms with van der Waals surface area (Å²) in [4.78, 5) is 0. The summed E-state index contributed by atoms with van der Waals surface area (Å²) in [6.07, 6.45) is 23.9. The van der Waals surface area contributed by atoms with Crippen molar-refractivity contribution in [3.63, 3.8) is 0 Å². The molecule has 0 aliphatic carbocycles. The van der Waals surface area contributed by atoms with E-state index in [0.717, 1.165) is 87.0 Å². The Hall–Kier alpha value is -0.240. The summed E-state index contributed by atoms with van der Waals surface area (Å²) < 4.78 is 1.65. The first-order chi connectivity index (χ1) is 21.0. The predicted molar refractivity (Wildman–Crippen MR) is 190 cm³/mol. The van der Waals surface area contributed by atoms with Gasteiger partial charge in [0.25, 0.3) is 0 Å². The van der Waals surface area contributed by atoms with Gasteiger partial charge in [-0.3, -0.25) is 0 Å². The van der Waals surface area contributed by atoms with Crippen molar-refractivity contribution in [2.75, 3.05) is 52.4 Å². The first-order valence-electron chi connectivity index (χ1n) is 19.4. The van der Waals surface area contributed by atoms with Crippen LogP contribution in [-0.4, -0.2) is 106 Å². The number of unbranched alkanes of at least 4 members (excludes halogenated alkanes) is 17. The third kappa shape index (κ3) is 24.9. The lowest BCUT2D eigenvalue weighted by atomic mass is 10.1. The van der Waals surface area contributed by atoms with Crippen LogP contribution in [0.5, 0.6) is 0 Å². The maximum atomic E-state index is 10.4. The number of nitrogens with zero attached hydrogens (tertiary/aromatic N) is 2. The summed E-state index contributed by atoms with van der Waals surface area (Å²) in [5.74, 6) is 0. The summed E-state index contributed by atoms with van der Waals surface area (Å²) in [6, 6.07) is 0. The highest BCUT2D eigenvalue weighted by molar-refractivity contribution is 4.60. The summed E-state index contributed by atoms with van der Waals surface area (Å²) in [5, 5.41) is 41.6. The molecule has 0 aliphatic rings. The number of rotatable bonds is 33. The molecule has 0 heterocycles. The van der Waals surface area contributed by atoms with Gasteiger partial charge >= 0.3 is 0 Å². The lowest BCUT2D eigenvalue weighted by Crippen LogP contribution is -2.56. The average Bonchev–Trinajstić information content (AvgIpc) is 2.92. The van der Waals surface area contributed by atoms with E-state index in [1.165, 1.54) is 103 Å². The van der Waals surface area contributed by atoms with Gasteiger partial charge in [-0.15, -0.1) is 0 Å². The third-order valence-corrected chi connectivity index (χ3v) is 9.59. The largest absolute Gasteiger partial charge is 0.388 e. The second-order valence-corrected chi connectivity index (χ2v) is 15.1. The molecule has 0 amide bonds. The third-order valence-electron chi connectivity index (χ3n) is 9.59. The second-order valence-electron chi connectivity index (χ2n) is 15.1. The second kappa shape index (κ2) is 27.8. The Morgan fingerprint density at radius 2 is 0.500 bits per heavy atom. The standard InChI is InChI=1S/C38H82N2O4/c1-7-9-11-13-15-17-19-23-27-39(31-35(3)41,32-36(4)42)29-25-21-22-26-30-40(33-37(5)43,34-38(6)44)28-24-20-18-16-14-12-10-8-2/h35-38,41-44H,7-34H2,1-6H3/q+2. The molecule has 6 nitrogen and oxygen atoms in total. The van der Waals surface area contributed by atoms with E-state index in [0.29, 0.717) is 0 Å². The Morgan fingerprint density at radius 3 is 0.682 bits per heavy atom. The Labute approximate surface area is 275 Å². The molecule has 0 rings (SSSR count).